The van der Waals surface area contributed by atoms with Crippen molar-refractivity contribution < 1.29 is 17.9 Å². The van der Waals surface area contributed by atoms with Crippen LogP contribution < -0.4 is 14.4 Å². The number of rotatable bonds is 7. The molecule has 0 aliphatic heterocycles. The molecule has 6 nitrogen and oxygen atoms in total. The predicted molar refractivity (Wildman–Crippen MR) is 140 cm³/mol. The van der Waals surface area contributed by atoms with Gasteiger partial charge in [-0.15, -0.1) is 0 Å². The monoisotopic (exact) mass is 486 g/mol. The van der Waals surface area contributed by atoms with Gasteiger partial charge in [-0.05, 0) is 65.3 Å². The number of nitrogens with one attached hydrogen (secondary N) is 1. The maximum Gasteiger partial charge on any atom is 0.255 e. The Kier molecular flexibility index (Phi) is 5.94. The summed E-state index contributed by atoms with van der Waals surface area (Å²) in [4.78, 5) is 13.0. The maximum atomic E-state index is 13.0. The van der Waals surface area contributed by atoms with E-state index in [2.05, 4.69) is 17.4 Å². The van der Waals surface area contributed by atoms with Crippen molar-refractivity contribution in [2.45, 2.75) is 19.4 Å². The Morgan fingerprint density at radius 3 is 2.34 bits per heavy atom. The minimum absolute atomic E-state index is 0.121. The van der Waals surface area contributed by atoms with Crippen molar-refractivity contribution in [3.63, 3.8) is 0 Å². The number of amides is 1. The molecule has 1 aliphatic carbocycles. The highest BCUT2D eigenvalue weighted by Gasteiger charge is 2.22. The van der Waals surface area contributed by atoms with E-state index < -0.39 is 10.0 Å². The Bertz CT molecular complexity index is 1520. The van der Waals surface area contributed by atoms with E-state index in [0.29, 0.717) is 17.0 Å². The summed E-state index contributed by atoms with van der Waals surface area (Å²) in [6, 6.07) is 24.3. The van der Waals surface area contributed by atoms with E-state index in [-0.39, 0.29) is 12.5 Å². The second kappa shape index (κ2) is 9.07. The summed E-state index contributed by atoms with van der Waals surface area (Å²) < 4.78 is 31.8. The minimum Gasteiger partial charge on any atom is -0.495 e. The average Bonchev–Trinajstić information content (AvgIpc) is 3.28. The number of sulfonamides is 1. The number of anilines is 2. The molecule has 35 heavy (non-hydrogen) atoms. The van der Waals surface area contributed by atoms with Crippen molar-refractivity contribution in [2.75, 3.05) is 23.0 Å². The summed E-state index contributed by atoms with van der Waals surface area (Å²) >= 11 is 0. The summed E-state index contributed by atoms with van der Waals surface area (Å²) in [6.45, 7) is 0.121. The van der Waals surface area contributed by atoms with Gasteiger partial charge in [-0.2, -0.15) is 0 Å². The first-order chi connectivity index (χ1) is 16.8. The Labute approximate surface area is 205 Å². The minimum atomic E-state index is -3.56. The zero-order chi connectivity index (χ0) is 24.6. The van der Waals surface area contributed by atoms with Crippen LogP contribution in [-0.2, 0) is 29.4 Å². The van der Waals surface area contributed by atoms with Gasteiger partial charge in [-0.3, -0.25) is 9.10 Å². The van der Waals surface area contributed by atoms with Crippen LogP contribution in [0.3, 0.4) is 0 Å². The van der Waals surface area contributed by atoms with Gasteiger partial charge in [0.1, 0.15) is 5.75 Å². The molecular formula is C28H26N2O4S. The van der Waals surface area contributed by atoms with Crippen LogP contribution >= 0.6 is 0 Å². The molecule has 5 rings (SSSR count). The van der Waals surface area contributed by atoms with E-state index in [1.54, 1.807) is 48.5 Å². The molecule has 0 radical (unpaired) electrons. The first-order valence-electron chi connectivity index (χ1n) is 11.4. The lowest BCUT2D eigenvalue weighted by Crippen LogP contribution is -2.29. The van der Waals surface area contributed by atoms with Gasteiger partial charge < -0.3 is 10.1 Å². The molecule has 0 saturated heterocycles. The molecule has 7 heteroatoms. The highest BCUT2D eigenvalue weighted by molar-refractivity contribution is 7.92. The molecule has 0 saturated carbocycles. The third-order valence-electron chi connectivity index (χ3n) is 6.42. The first-order valence-corrected chi connectivity index (χ1v) is 13.2. The zero-order valence-electron chi connectivity index (χ0n) is 19.6. The van der Waals surface area contributed by atoms with Crippen LogP contribution in [0.2, 0.25) is 0 Å². The van der Waals surface area contributed by atoms with Gasteiger partial charge in [0.25, 0.3) is 5.91 Å². The lowest BCUT2D eigenvalue weighted by molar-refractivity contribution is 0.102. The van der Waals surface area contributed by atoms with Crippen molar-refractivity contribution in [1.82, 2.24) is 0 Å². The van der Waals surface area contributed by atoms with Gasteiger partial charge in [0.2, 0.25) is 10.0 Å². The van der Waals surface area contributed by atoms with Gasteiger partial charge >= 0.3 is 0 Å². The van der Waals surface area contributed by atoms with Crippen molar-refractivity contribution in [2.24, 2.45) is 0 Å². The number of hydrogen-bond acceptors (Lipinski definition) is 4. The van der Waals surface area contributed by atoms with Crippen LogP contribution in [0.25, 0.3) is 10.8 Å². The highest BCUT2D eigenvalue weighted by Crippen LogP contribution is 2.35. The van der Waals surface area contributed by atoms with E-state index in [1.807, 2.05) is 18.2 Å². The van der Waals surface area contributed by atoms with E-state index >= 15 is 0 Å². The van der Waals surface area contributed by atoms with Crippen molar-refractivity contribution in [3.8, 4) is 5.75 Å². The maximum absolute atomic E-state index is 13.0. The second-order valence-electron chi connectivity index (χ2n) is 8.70. The van der Waals surface area contributed by atoms with Gasteiger partial charge in [-0.1, -0.05) is 48.5 Å². The largest absolute Gasteiger partial charge is 0.495 e. The second-order valence-corrected chi connectivity index (χ2v) is 10.6. The molecule has 1 N–H and O–H groups in total. The Morgan fingerprint density at radius 2 is 1.63 bits per heavy atom. The van der Waals surface area contributed by atoms with Gasteiger partial charge in [0.05, 0.1) is 25.6 Å². The molecule has 4 aromatic carbocycles. The first kappa shape index (κ1) is 22.9. The SMILES string of the molecule is COc1ccccc1N(Cc1ccc(C(=O)Nc2ccc3c4c(cccc24)CC3)cc1)S(C)(=O)=O. The topological polar surface area (TPSA) is 75.7 Å². The molecule has 1 aliphatic rings. The van der Waals surface area contributed by atoms with Crippen molar-refractivity contribution >= 4 is 38.1 Å². The number of para-hydroxylation sites is 2. The van der Waals surface area contributed by atoms with Crippen LogP contribution in [0.4, 0.5) is 11.4 Å². The number of hydrogen-bond donors (Lipinski definition) is 1. The van der Waals surface area contributed by atoms with Crippen molar-refractivity contribution in [1.29, 1.82) is 0 Å². The number of carbonyl (C=O) groups is 1. The molecule has 0 atom stereocenters. The Hall–Kier alpha value is -3.84. The van der Waals surface area contributed by atoms with Gasteiger partial charge in [0.15, 0.2) is 0 Å². The summed E-state index contributed by atoms with van der Waals surface area (Å²) in [5.41, 5.74) is 5.16. The predicted octanol–water partition coefficient (Wildman–Crippen LogP) is 5.17. The standard InChI is InChI=1S/C28H26N2O4S/c1-34-26-9-4-3-8-25(26)30(35(2,32)33)18-19-10-12-22(13-11-19)28(31)29-24-17-16-21-15-14-20-6-5-7-23(24)27(20)21/h3-13,16-17H,14-15,18H2,1-2H3,(H,29,31). The smallest absolute Gasteiger partial charge is 0.255 e. The third-order valence-corrected chi connectivity index (χ3v) is 7.55. The highest BCUT2D eigenvalue weighted by atomic mass is 32.2. The van der Waals surface area contributed by atoms with Crippen LogP contribution in [0.1, 0.15) is 27.0 Å². The Morgan fingerprint density at radius 1 is 0.914 bits per heavy atom. The van der Waals surface area contributed by atoms with Crippen molar-refractivity contribution in [3.05, 3.63) is 101 Å². The van der Waals surface area contributed by atoms with Gasteiger partial charge in [-0.25, -0.2) is 8.42 Å². The van der Waals surface area contributed by atoms with E-state index in [1.165, 1.54) is 34.2 Å². The van der Waals surface area contributed by atoms with Crippen LogP contribution in [-0.4, -0.2) is 27.7 Å². The Balaban J connectivity index is 1.37. The molecule has 0 aromatic heterocycles. The van der Waals surface area contributed by atoms with E-state index in [4.69, 9.17) is 4.74 Å². The number of ether oxygens (including phenoxy) is 1. The normalized spacial score (nSPS) is 12.5. The summed E-state index contributed by atoms with van der Waals surface area (Å²) in [5, 5.41) is 5.35. The van der Waals surface area contributed by atoms with Crippen LogP contribution in [0.15, 0.2) is 78.9 Å². The van der Waals surface area contributed by atoms with E-state index in [9.17, 15) is 13.2 Å². The molecule has 0 bridgehead atoms. The quantitative estimate of drug-likeness (QED) is 0.391. The number of carbonyl (C=O) groups excluding carboxylic acids is 1. The molecule has 0 heterocycles. The zero-order valence-corrected chi connectivity index (χ0v) is 20.4. The summed E-state index contributed by atoms with van der Waals surface area (Å²) in [7, 11) is -2.06. The number of benzene rings is 4. The molecular weight excluding hydrogens is 460 g/mol. The fourth-order valence-corrected chi connectivity index (χ4v) is 5.59. The fourth-order valence-electron chi connectivity index (χ4n) is 4.69. The fraction of sp³-hybridized carbons (Fsp3) is 0.179. The third kappa shape index (κ3) is 4.47. The lowest BCUT2D eigenvalue weighted by Gasteiger charge is -2.24. The van der Waals surface area contributed by atoms with E-state index in [0.717, 1.165) is 29.5 Å². The van der Waals surface area contributed by atoms with Crippen LogP contribution in [0.5, 0.6) is 5.75 Å². The number of aryl methyl sites for hydroxylation is 2. The van der Waals surface area contributed by atoms with Gasteiger partial charge in [0, 0.05) is 16.6 Å². The molecule has 4 aromatic rings. The lowest BCUT2D eigenvalue weighted by atomic mass is 10.0. The number of nitrogens with zero attached hydrogens (tertiary/aromatic N) is 1. The molecule has 0 spiro atoms. The molecule has 178 valence electrons. The molecule has 0 unspecified atom stereocenters. The summed E-state index contributed by atoms with van der Waals surface area (Å²) in [5.74, 6) is 0.263. The molecule has 1 amide bonds. The number of methoxy groups -OCH3 is 1. The van der Waals surface area contributed by atoms with Crippen LogP contribution in [0, 0.1) is 0 Å². The summed E-state index contributed by atoms with van der Waals surface area (Å²) in [6.07, 6.45) is 3.23. The average molecular weight is 487 g/mol. The molecule has 0 fully saturated rings.